The van der Waals surface area contributed by atoms with Gasteiger partial charge >= 0.3 is 0 Å². The fourth-order valence-electron chi connectivity index (χ4n) is 3.26. The van der Waals surface area contributed by atoms with Gasteiger partial charge in [0.1, 0.15) is 5.82 Å². The molecule has 0 unspecified atom stereocenters. The average Bonchev–Trinajstić information content (AvgIpc) is 2.97. The van der Waals surface area contributed by atoms with Crippen molar-refractivity contribution in [1.29, 1.82) is 0 Å². The molecule has 0 amide bonds. The van der Waals surface area contributed by atoms with E-state index >= 15 is 0 Å². The van der Waals surface area contributed by atoms with E-state index in [2.05, 4.69) is 9.97 Å². The molecule has 1 atom stereocenters. The molecular weight excluding hydrogens is 379 g/mol. The summed E-state index contributed by atoms with van der Waals surface area (Å²) in [6, 6.07) is 6.44. The van der Waals surface area contributed by atoms with Crippen molar-refractivity contribution < 1.29 is 13.2 Å². The van der Waals surface area contributed by atoms with Crippen LogP contribution in [0.4, 0.5) is 19.1 Å². The van der Waals surface area contributed by atoms with Crippen LogP contribution in [0.2, 0.25) is 5.02 Å². The van der Waals surface area contributed by atoms with E-state index in [0.29, 0.717) is 34.2 Å². The standard InChI is InChI=1S/C18H17ClF3N5/c19-11-1-3-13(24-8-11)9-27-15-7-12(20)2-4-14(15)25-17(27)26-6-5-18(21,22)16(23)10-26/h1-4,7-8,16H,5-6,9-10,23H2/t16-/m1/s1. The van der Waals surface area contributed by atoms with Crippen molar-refractivity contribution in [2.24, 2.45) is 5.73 Å². The number of nitrogens with zero attached hydrogens (tertiary/aromatic N) is 4. The minimum atomic E-state index is -2.91. The highest BCUT2D eigenvalue weighted by atomic mass is 35.5. The summed E-state index contributed by atoms with van der Waals surface area (Å²) in [5.74, 6) is -2.84. The second-order valence-corrected chi connectivity index (χ2v) is 7.10. The van der Waals surface area contributed by atoms with Crippen LogP contribution in [0.1, 0.15) is 12.1 Å². The first kappa shape index (κ1) is 18.1. The van der Waals surface area contributed by atoms with Crippen LogP contribution in [-0.2, 0) is 6.54 Å². The quantitative estimate of drug-likeness (QED) is 0.738. The summed E-state index contributed by atoms with van der Waals surface area (Å²) in [7, 11) is 0. The molecule has 0 aliphatic carbocycles. The third kappa shape index (κ3) is 3.46. The average molecular weight is 396 g/mol. The number of pyridine rings is 1. The molecule has 1 saturated heterocycles. The Morgan fingerprint density at radius 3 is 2.78 bits per heavy atom. The van der Waals surface area contributed by atoms with E-state index < -0.39 is 17.8 Å². The van der Waals surface area contributed by atoms with Crippen LogP contribution < -0.4 is 10.6 Å². The molecule has 27 heavy (non-hydrogen) atoms. The number of benzene rings is 1. The lowest BCUT2D eigenvalue weighted by Crippen LogP contribution is -2.55. The minimum absolute atomic E-state index is 0.0349. The number of piperidine rings is 1. The van der Waals surface area contributed by atoms with Gasteiger partial charge in [-0.1, -0.05) is 11.6 Å². The van der Waals surface area contributed by atoms with Crippen molar-refractivity contribution in [2.45, 2.75) is 24.9 Å². The van der Waals surface area contributed by atoms with Gasteiger partial charge in [-0.15, -0.1) is 0 Å². The number of fused-ring (bicyclic) bond motifs is 1. The number of imidazole rings is 1. The van der Waals surface area contributed by atoms with Crippen LogP contribution in [-0.4, -0.2) is 39.6 Å². The van der Waals surface area contributed by atoms with Crippen LogP contribution in [0, 0.1) is 5.82 Å². The molecule has 1 fully saturated rings. The predicted octanol–water partition coefficient (Wildman–Crippen LogP) is 3.44. The minimum Gasteiger partial charge on any atom is -0.340 e. The van der Waals surface area contributed by atoms with E-state index in [-0.39, 0.29) is 19.5 Å². The van der Waals surface area contributed by atoms with Gasteiger partial charge in [-0.05, 0) is 30.3 Å². The van der Waals surface area contributed by atoms with Crippen molar-refractivity contribution in [3.63, 3.8) is 0 Å². The van der Waals surface area contributed by atoms with E-state index in [4.69, 9.17) is 17.3 Å². The topological polar surface area (TPSA) is 60.0 Å². The Bertz CT molecular complexity index is 973. The molecule has 1 aliphatic heterocycles. The summed E-state index contributed by atoms with van der Waals surface area (Å²) in [4.78, 5) is 10.5. The molecule has 5 nitrogen and oxygen atoms in total. The Labute approximate surface area is 158 Å². The Morgan fingerprint density at radius 1 is 1.26 bits per heavy atom. The first-order valence-corrected chi connectivity index (χ1v) is 8.86. The normalized spacial score (nSPS) is 19.6. The maximum Gasteiger partial charge on any atom is 0.266 e. The molecule has 2 N–H and O–H groups in total. The van der Waals surface area contributed by atoms with Gasteiger partial charge in [0.2, 0.25) is 5.95 Å². The van der Waals surface area contributed by atoms with Crippen LogP contribution in [0.15, 0.2) is 36.5 Å². The van der Waals surface area contributed by atoms with Crippen LogP contribution >= 0.6 is 11.6 Å². The summed E-state index contributed by atoms with van der Waals surface area (Å²) in [6.07, 6.45) is 1.17. The first-order chi connectivity index (χ1) is 12.8. The summed E-state index contributed by atoms with van der Waals surface area (Å²) in [5, 5.41) is 0.504. The molecule has 142 valence electrons. The van der Waals surface area contributed by atoms with E-state index in [9.17, 15) is 13.2 Å². The molecule has 1 aliphatic rings. The fourth-order valence-corrected chi connectivity index (χ4v) is 3.37. The summed E-state index contributed by atoms with van der Waals surface area (Å²) in [5.41, 5.74) is 7.49. The SMILES string of the molecule is N[C@@H]1CN(c2nc3ccc(F)cc3n2Cc2ccc(Cl)cn2)CCC1(F)F. The van der Waals surface area contributed by atoms with Gasteiger partial charge in [0.05, 0.1) is 34.3 Å². The zero-order valence-corrected chi connectivity index (χ0v) is 15.0. The number of alkyl halides is 2. The number of rotatable bonds is 3. The number of halogens is 4. The molecule has 0 radical (unpaired) electrons. The van der Waals surface area contributed by atoms with Gasteiger partial charge in [-0.2, -0.15) is 0 Å². The zero-order chi connectivity index (χ0) is 19.2. The van der Waals surface area contributed by atoms with Gasteiger partial charge in [-0.25, -0.2) is 18.2 Å². The number of nitrogens with two attached hydrogens (primary N) is 1. The predicted molar refractivity (Wildman–Crippen MR) is 97.8 cm³/mol. The zero-order valence-electron chi connectivity index (χ0n) is 14.2. The van der Waals surface area contributed by atoms with Crippen molar-refractivity contribution in [3.05, 3.63) is 53.1 Å². The third-order valence-corrected chi connectivity index (χ3v) is 4.98. The first-order valence-electron chi connectivity index (χ1n) is 8.48. The Kier molecular flexibility index (Phi) is 4.47. The van der Waals surface area contributed by atoms with Gasteiger partial charge in [0.15, 0.2) is 0 Å². The molecule has 2 aromatic heterocycles. The third-order valence-electron chi connectivity index (χ3n) is 4.76. The van der Waals surface area contributed by atoms with Crippen LogP contribution in [0.5, 0.6) is 0 Å². The summed E-state index contributed by atoms with van der Waals surface area (Å²) >= 11 is 5.88. The monoisotopic (exact) mass is 395 g/mol. The molecule has 0 spiro atoms. The largest absolute Gasteiger partial charge is 0.340 e. The smallest absolute Gasteiger partial charge is 0.266 e. The molecule has 1 aromatic carbocycles. The van der Waals surface area contributed by atoms with Crippen molar-refractivity contribution >= 4 is 28.6 Å². The number of aromatic nitrogens is 3. The Balaban J connectivity index is 1.76. The molecular formula is C18H17ClF3N5. The maximum atomic E-state index is 13.8. The lowest BCUT2D eigenvalue weighted by atomic mass is 10.0. The molecule has 3 aromatic rings. The van der Waals surface area contributed by atoms with E-state index in [0.717, 1.165) is 0 Å². The molecule has 3 heterocycles. The highest BCUT2D eigenvalue weighted by Crippen LogP contribution is 2.32. The van der Waals surface area contributed by atoms with E-state index in [1.807, 2.05) is 0 Å². The van der Waals surface area contributed by atoms with Gasteiger partial charge in [0.25, 0.3) is 5.92 Å². The Hall–Kier alpha value is -2.32. The molecule has 0 bridgehead atoms. The van der Waals surface area contributed by atoms with Crippen LogP contribution in [0.3, 0.4) is 0 Å². The van der Waals surface area contributed by atoms with Crippen molar-refractivity contribution in [1.82, 2.24) is 14.5 Å². The van der Waals surface area contributed by atoms with Gasteiger partial charge in [-0.3, -0.25) is 4.98 Å². The van der Waals surface area contributed by atoms with Gasteiger partial charge < -0.3 is 15.2 Å². The van der Waals surface area contributed by atoms with Gasteiger partial charge in [0, 0.05) is 25.7 Å². The van der Waals surface area contributed by atoms with Crippen molar-refractivity contribution in [3.8, 4) is 0 Å². The summed E-state index contributed by atoms with van der Waals surface area (Å²) in [6.45, 7) is 0.377. The van der Waals surface area contributed by atoms with Crippen molar-refractivity contribution in [2.75, 3.05) is 18.0 Å². The highest BCUT2D eigenvalue weighted by molar-refractivity contribution is 6.30. The number of hydrogen-bond donors (Lipinski definition) is 1. The molecule has 0 saturated carbocycles. The highest BCUT2D eigenvalue weighted by Gasteiger charge is 2.42. The van der Waals surface area contributed by atoms with E-state index in [1.54, 1.807) is 27.7 Å². The second-order valence-electron chi connectivity index (χ2n) is 6.66. The number of anilines is 1. The fraction of sp³-hybridized carbons (Fsp3) is 0.333. The van der Waals surface area contributed by atoms with Crippen LogP contribution in [0.25, 0.3) is 11.0 Å². The summed E-state index contributed by atoms with van der Waals surface area (Å²) < 4.78 is 43.1. The van der Waals surface area contributed by atoms with E-state index in [1.165, 1.54) is 18.3 Å². The second kappa shape index (κ2) is 6.69. The molecule has 9 heteroatoms. The maximum absolute atomic E-state index is 13.8. The number of hydrogen-bond acceptors (Lipinski definition) is 4. The lowest BCUT2D eigenvalue weighted by molar-refractivity contribution is -0.0395. The lowest BCUT2D eigenvalue weighted by Gasteiger charge is -2.37. The Morgan fingerprint density at radius 2 is 2.07 bits per heavy atom. The molecule has 4 rings (SSSR count).